The largest absolute Gasteiger partial charge is 0.465 e. The number of amides is 1. The Balaban J connectivity index is 1.94. The van der Waals surface area contributed by atoms with Crippen molar-refractivity contribution in [3.63, 3.8) is 0 Å². The third kappa shape index (κ3) is 3.95. The zero-order chi connectivity index (χ0) is 18.0. The highest BCUT2D eigenvalue weighted by Crippen LogP contribution is 2.40. The number of fused-ring (bicyclic) bond motifs is 1. The maximum absolute atomic E-state index is 11.5. The van der Waals surface area contributed by atoms with Crippen molar-refractivity contribution in [2.24, 2.45) is 5.41 Å². The molecular weight excluding hydrogens is 314 g/mol. The normalized spacial score (nSPS) is 17.6. The van der Waals surface area contributed by atoms with Gasteiger partial charge in [0.1, 0.15) is 11.5 Å². The lowest BCUT2D eigenvalue weighted by Crippen LogP contribution is -2.36. The number of benzene rings is 2. The number of carboxylic acid groups (broad SMARTS) is 1. The van der Waals surface area contributed by atoms with Gasteiger partial charge in [0, 0.05) is 19.0 Å². The summed E-state index contributed by atoms with van der Waals surface area (Å²) in [7, 11) is 0. The van der Waals surface area contributed by atoms with Crippen molar-refractivity contribution in [2.45, 2.75) is 33.1 Å². The third-order valence-corrected chi connectivity index (χ3v) is 4.84. The van der Waals surface area contributed by atoms with E-state index in [1.54, 1.807) is 0 Å². The topological polar surface area (TPSA) is 49.8 Å². The van der Waals surface area contributed by atoms with Gasteiger partial charge >= 0.3 is 6.09 Å². The lowest BCUT2D eigenvalue weighted by molar-refractivity contribution is 0.135. The van der Waals surface area contributed by atoms with Crippen LogP contribution in [0.5, 0.6) is 11.5 Å². The van der Waals surface area contributed by atoms with Gasteiger partial charge in [-0.25, -0.2) is 4.79 Å². The molecule has 0 aliphatic carbocycles. The van der Waals surface area contributed by atoms with E-state index in [2.05, 4.69) is 32.9 Å². The van der Waals surface area contributed by atoms with Gasteiger partial charge in [-0.15, -0.1) is 0 Å². The smallest absolute Gasteiger partial charge is 0.407 e. The summed E-state index contributed by atoms with van der Waals surface area (Å²) < 4.78 is 5.95. The molecule has 0 bridgehead atoms. The Kier molecular flexibility index (Phi) is 4.71. The summed E-state index contributed by atoms with van der Waals surface area (Å²) in [5.41, 5.74) is 2.39. The second-order valence-electron chi connectivity index (χ2n) is 7.67. The number of hydrogen-bond donors (Lipinski definition) is 1. The Labute approximate surface area is 149 Å². The molecule has 132 valence electrons. The number of ether oxygens (including phenoxy) is 1. The molecule has 0 radical (unpaired) electrons. The molecule has 4 heteroatoms. The summed E-state index contributed by atoms with van der Waals surface area (Å²) in [5, 5.41) is 9.48. The summed E-state index contributed by atoms with van der Waals surface area (Å²) in [4.78, 5) is 13.1. The van der Waals surface area contributed by atoms with Crippen LogP contribution in [0.3, 0.4) is 0 Å². The van der Waals surface area contributed by atoms with Crippen molar-refractivity contribution in [3.05, 3.63) is 59.7 Å². The molecule has 25 heavy (non-hydrogen) atoms. The summed E-state index contributed by atoms with van der Waals surface area (Å²) in [6.07, 6.45) is -0.136. The molecule has 2 aromatic rings. The fourth-order valence-electron chi connectivity index (χ4n) is 3.41. The molecule has 2 aromatic carbocycles. The van der Waals surface area contributed by atoms with Gasteiger partial charge in [0.15, 0.2) is 0 Å². The summed E-state index contributed by atoms with van der Waals surface area (Å²) >= 11 is 0. The Hall–Kier alpha value is -2.49. The van der Waals surface area contributed by atoms with Crippen LogP contribution in [-0.4, -0.2) is 29.2 Å². The lowest BCUT2D eigenvalue weighted by Gasteiger charge is -2.33. The summed E-state index contributed by atoms with van der Waals surface area (Å²) in [6, 6.07) is 15.9. The van der Waals surface area contributed by atoms with E-state index in [0.29, 0.717) is 19.5 Å². The SMILES string of the molecule is CC(C)(C)C1CN(C(=O)O)CCc2cc(Oc3ccccc3)ccc21. The Morgan fingerprint density at radius 1 is 1.12 bits per heavy atom. The lowest BCUT2D eigenvalue weighted by atomic mass is 9.75. The second kappa shape index (κ2) is 6.79. The summed E-state index contributed by atoms with van der Waals surface area (Å²) in [6.45, 7) is 7.55. The van der Waals surface area contributed by atoms with Crippen molar-refractivity contribution < 1.29 is 14.6 Å². The van der Waals surface area contributed by atoms with Gasteiger partial charge in [-0.1, -0.05) is 45.0 Å². The molecule has 1 aliphatic heterocycles. The van der Waals surface area contributed by atoms with E-state index in [1.807, 2.05) is 36.4 Å². The predicted octanol–water partition coefficient (Wildman–Crippen LogP) is 5.14. The first-order valence-corrected chi connectivity index (χ1v) is 8.68. The average molecular weight is 339 g/mol. The Morgan fingerprint density at radius 3 is 2.48 bits per heavy atom. The van der Waals surface area contributed by atoms with Crippen LogP contribution >= 0.6 is 0 Å². The van der Waals surface area contributed by atoms with Gasteiger partial charge in [0.25, 0.3) is 0 Å². The number of para-hydroxylation sites is 1. The molecule has 0 saturated carbocycles. The van der Waals surface area contributed by atoms with Crippen LogP contribution < -0.4 is 4.74 Å². The highest BCUT2D eigenvalue weighted by molar-refractivity contribution is 5.65. The van der Waals surface area contributed by atoms with Crippen molar-refractivity contribution in [1.29, 1.82) is 0 Å². The number of hydrogen-bond acceptors (Lipinski definition) is 2. The van der Waals surface area contributed by atoms with Gasteiger partial charge in [-0.05, 0) is 47.2 Å². The van der Waals surface area contributed by atoms with Gasteiger partial charge in [0.05, 0.1) is 0 Å². The van der Waals surface area contributed by atoms with Crippen molar-refractivity contribution in [1.82, 2.24) is 4.90 Å². The van der Waals surface area contributed by atoms with Crippen LogP contribution in [0.4, 0.5) is 4.79 Å². The fraction of sp³-hybridized carbons (Fsp3) is 0.381. The van der Waals surface area contributed by atoms with Gasteiger partial charge in [-0.2, -0.15) is 0 Å². The van der Waals surface area contributed by atoms with E-state index < -0.39 is 6.09 Å². The van der Waals surface area contributed by atoms with E-state index in [0.717, 1.165) is 11.5 Å². The first kappa shape index (κ1) is 17.3. The number of rotatable bonds is 2. The average Bonchev–Trinajstić information content (AvgIpc) is 2.75. The van der Waals surface area contributed by atoms with E-state index in [9.17, 15) is 9.90 Å². The Morgan fingerprint density at radius 2 is 1.84 bits per heavy atom. The second-order valence-corrected chi connectivity index (χ2v) is 7.67. The van der Waals surface area contributed by atoms with Crippen LogP contribution in [0.1, 0.15) is 37.8 Å². The first-order valence-electron chi connectivity index (χ1n) is 8.68. The molecule has 0 fully saturated rings. The molecule has 3 rings (SSSR count). The van der Waals surface area contributed by atoms with Gasteiger partial charge in [-0.3, -0.25) is 0 Å². The van der Waals surface area contributed by atoms with Crippen LogP contribution in [0.15, 0.2) is 48.5 Å². The molecular formula is C21H25NO3. The predicted molar refractivity (Wildman–Crippen MR) is 98.5 cm³/mol. The molecule has 1 amide bonds. The van der Waals surface area contributed by atoms with Crippen LogP contribution in [-0.2, 0) is 6.42 Å². The molecule has 4 nitrogen and oxygen atoms in total. The zero-order valence-electron chi connectivity index (χ0n) is 15.0. The zero-order valence-corrected chi connectivity index (χ0v) is 15.0. The van der Waals surface area contributed by atoms with Crippen molar-refractivity contribution in [3.8, 4) is 11.5 Å². The van der Waals surface area contributed by atoms with Crippen LogP contribution in [0.25, 0.3) is 0 Å². The standard InChI is InChI=1S/C21H25NO3/c1-21(2,3)19-14-22(20(23)24)12-11-15-13-17(9-10-18(15)19)25-16-7-5-4-6-8-16/h4-10,13,19H,11-12,14H2,1-3H3,(H,23,24). The van der Waals surface area contributed by atoms with E-state index in [1.165, 1.54) is 16.0 Å². The minimum atomic E-state index is -0.845. The van der Waals surface area contributed by atoms with Gasteiger partial charge in [0.2, 0.25) is 0 Å². The minimum absolute atomic E-state index is 0.0193. The monoisotopic (exact) mass is 339 g/mol. The molecule has 1 atom stereocenters. The maximum atomic E-state index is 11.5. The molecule has 1 heterocycles. The fourth-order valence-corrected chi connectivity index (χ4v) is 3.41. The molecule has 0 saturated heterocycles. The Bertz CT molecular complexity index is 749. The molecule has 0 aromatic heterocycles. The number of nitrogens with zero attached hydrogens (tertiary/aromatic N) is 1. The van der Waals surface area contributed by atoms with Crippen LogP contribution in [0, 0.1) is 5.41 Å². The van der Waals surface area contributed by atoms with E-state index in [-0.39, 0.29) is 11.3 Å². The van der Waals surface area contributed by atoms with E-state index in [4.69, 9.17) is 4.74 Å². The summed E-state index contributed by atoms with van der Waals surface area (Å²) in [5.74, 6) is 1.75. The molecule has 1 aliphatic rings. The van der Waals surface area contributed by atoms with Gasteiger partial charge < -0.3 is 14.7 Å². The molecule has 1 unspecified atom stereocenters. The molecule has 0 spiro atoms. The quantitative estimate of drug-likeness (QED) is 0.823. The van der Waals surface area contributed by atoms with Crippen LogP contribution in [0.2, 0.25) is 0 Å². The number of carbonyl (C=O) groups is 1. The van der Waals surface area contributed by atoms with Crippen molar-refractivity contribution in [2.75, 3.05) is 13.1 Å². The minimum Gasteiger partial charge on any atom is -0.465 e. The highest BCUT2D eigenvalue weighted by atomic mass is 16.5. The third-order valence-electron chi connectivity index (χ3n) is 4.84. The van der Waals surface area contributed by atoms with E-state index >= 15 is 0 Å². The maximum Gasteiger partial charge on any atom is 0.407 e. The first-order chi connectivity index (χ1) is 11.8. The highest BCUT2D eigenvalue weighted by Gasteiger charge is 2.33. The molecule has 1 N–H and O–H groups in total. The van der Waals surface area contributed by atoms with Crippen molar-refractivity contribution >= 4 is 6.09 Å².